The van der Waals surface area contributed by atoms with Crippen molar-refractivity contribution in [3.63, 3.8) is 0 Å². The highest BCUT2D eigenvalue weighted by Gasteiger charge is 2.38. The van der Waals surface area contributed by atoms with Crippen molar-refractivity contribution in [3.05, 3.63) is 35.9 Å². The minimum Gasteiger partial charge on any atom is -0.376 e. The van der Waals surface area contributed by atoms with E-state index in [-0.39, 0.29) is 24.1 Å². The van der Waals surface area contributed by atoms with Gasteiger partial charge in [0.15, 0.2) is 0 Å². The van der Waals surface area contributed by atoms with E-state index >= 15 is 0 Å². The number of benzene rings is 1. The van der Waals surface area contributed by atoms with Gasteiger partial charge in [0.1, 0.15) is 6.04 Å². The SMILES string of the molecule is CC(C1CCCO1)N1CNC(c2ccccc2)C1=O. The second kappa shape index (κ2) is 5.31. The van der Waals surface area contributed by atoms with Gasteiger partial charge in [0.05, 0.1) is 18.8 Å². The third-order valence-electron chi connectivity index (χ3n) is 4.12. The summed E-state index contributed by atoms with van der Waals surface area (Å²) < 4.78 is 5.69. The summed E-state index contributed by atoms with van der Waals surface area (Å²) in [6.07, 6.45) is 2.35. The maximum absolute atomic E-state index is 12.5. The quantitative estimate of drug-likeness (QED) is 0.899. The van der Waals surface area contributed by atoms with E-state index in [4.69, 9.17) is 4.74 Å². The van der Waals surface area contributed by atoms with Gasteiger partial charge in [-0.1, -0.05) is 30.3 Å². The summed E-state index contributed by atoms with van der Waals surface area (Å²) >= 11 is 0. The van der Waals surface area contributed by atoms with E-state index in [0.29, 0.717) is 6.67 Å². The van der Waals surface area contributed by atoms with Gasteiger partial charge < -0.3 is 9.64 Å². The van der Waals surface area contributed by atoms with Gasteiger partial charge in [-0.05, 0) is 25.3 Å². The lowest BCUT2D eigenvalue weighted by atomic mass is 10.1. The van der Waals surface area contributed by atoms with Gasteiger partial charge in [-0.3, -0.25) is 10.1 Å². The summed E-state index contributed by atoms with van der Waals surface area (Å²) in [7, 11) is 0. The largest absolute Gasteiger partial charge is 0.376 e. The van der Waals surface area contributed by atoms with Crippen LogP contribution in [0.1, 0.15) is 31.4 Å². The molecule has 4 nitrogen and oxygen atoms in total. The number of hydrogen-bond donors (Lipinski definition) is 1. The van der Waals surface area contributed by atoms with E-state index < -0.39 is 0 Å². The zero-order valence-corrected chi connectivity index (χ0v) is 11.2. The Hall–Kier alpha value is -1.39. The molecule has 102 valence electrons. The second-order valence-corrected chi connectivity index (χ2v) is 5.31. The molecule has 2 aliphatic heterocycles. The summed E-state index contributed by atoms with van der Waals surface area (Å²) in [6, 6.07) is 9.84. The summed E-state index contributed by atoms with van der Waals surface area (Å²) in [4.78, 5) is 14.4. The molecule has 4 heteroatoms. The third kappa shape index (κ3) is 2.38. The molecule has 0 saturated carbocycles. The van der Waals surface area contributed by atoms with Crippen LogP contribution in [0.15, 0.2) is 30.3 Å². The molecule has 3 atom stereocenters. The molecule has 2 fully saturated rings. The summed E-state index contributed by atoms with van der Waals surface area (Å²) in [5.41, 5.74) is 1.04. The minimum atomic E-state index is -0.204. The van der Waals surface area contributed by atoms with E-state index in [0.717, 1.165) is 25.0 Å². The van der Waals surface area contributed by atoms with Crippen LogP contribution in [-0.4, -0.2) is 36.2 Å². The van der Waals surface area contributed by atoms with E-state index in [9.17, 15) is 4.79 Å². The standard InChI is InChI=1S/C15H20N2O2/c1-11(13-8-5-9-19-13)17-10-16-14(15(17)18)12-6-3-2-4-7-12/h2-4,6-7,11,13-14,16H,5,8-10H2,1H3. The van der Waals surface area contributed by atoms with Crippen molar-refractivity contribution >= 4 is 5.91 Å². The van der Waals surface area contributed by atoms with Crippen molar-refractivity contribution in [2.75, 3.05) is 13.3 Å². The summed E-state index contributed by atoms with van der Waals surface area (Å²) in [6.45, 7) is 3.52. The van der Waals surface area contributed by atoms with Crippen LogP contribution in [0.4, 0.5) is 0 Å². The van der Waals surface area contributed by atoms with E-state index in [2.05, 4.69) is 12.2 Å². The third-order valence-corrected chi connectivity index (χ3v) is 4.12. The Labute approximate surface area is 113 Å². The van der Waals surface area contributed by atoms with Gasteiger partial charge >= 0.3 is 0 Å². The first kappa shape index (κ1) is 12.6. The average molecular weight is 260 g/mol. The number of carbonyl (C=O) groups excluding carboxylic acids is 1. The van der Waals surface area contributed by atoms with Crippen molar-refractivity contribution in [1.82, 2.24) is 10.2 Å². The topological polar surface area (TPSA) is 41.6 Å². The first-order valence-electron chi connectivity index (χ1n) is 6.98. The first-order valence-corrected chi connectivity index (χ1v) is 6.98. The fourth-order valence-electron chi connectivity index (χ4n) is 2.96. The highest BCUT2D eigenvalue weighted by Crippen LogP contribution is 2.26. The maximum atomic E-state index is 12.5. The van der Waals surface area contributed by atoms with E-state index in [1.54, 1.807) is 0 Å². The molecule has 2 saturated heterocycles. The van der Waals surface area contributed by atoms with Crippen molar-refractivity contribution in [2.24, 2.45) is 0 Å². The number of rotatable bonds is 3. The number of carbonyl (C=O) groups is 1. The summed E-state index contributed by atoms with van der Waals surface area (Å²) in [5, 5.41) is 3.30. The molecule has 1 aromatic carbocycles. The van der Waals surface area contributed by atoms with Crippen LogP contribution in [0.3, 0.4) is 0 Å². The van der Waals surface area contributed by atoms with Crippen molar-refractivity contribution in [1.29, 1.82) is 0 Å². The normalized spacial score (nSPS) is 28.9. The molecule has 0 spiro atoms. The Kier molecular flexibility index (Phi) is 3.53. The van der Waals surface area contributed by atoms with Crippen molar-refractivity contribution in [3.8, 4) is 0 Å². The Morgan fingerprint density at radius 2 is 2.16 bits per heavy atom. The molecule has 1 aromatic rings. The van der Waals surface area contributed by atoms with E-state index in [1.807, 2.05) is 35.2 Å². The van der Waals surface area contributed by atoms with Crippen LogP contribution in [-0.2, 0) is 9.53 Å². The zero-order valence-electron chi connectivity index (χ0n) is 11.2. The Morgan fingerprint density at radius 1 is 1.37 bits per heavy atom. The van der Waals surface area contributed by atoms with E-state index in [1.165, 1.54) is 0 Å². The number of amides is 1. The fourth-order valence-corrected chi connectivity index (χ4v) is 2.96. The molecular formula is C15H20N2O2. The molecule has 2 aliphatic rings. The van der Waals surface area contributed by atoms with Crippen LogP contribution in [0.5, 0.6) is 0 Å². The van der Waals surface area contributed by atoms with Crippen LogP contribution >= 0.6 is 0 Å². The zero-order chi connectivity index (χ0) is 13.2. The van der Waals surface area contributed by atoms with Gasteiger partial charge in [-0.2, -0.15) is 0 Å². The van der Waals surface area contributed by atoms with Gasteiger partial charge in [0.2, 0.25) is 5.91 Å². The Balaban J connectivity index is 1.71. The first-order chi connectivity index (χ1) is 9.27. The van der Waals surface area contributed by atoms with Crippen LogP contribution in [0.25, 0.3) is 0 Å². The molecule has 1 amide bonds. The molecule has 0 radical (unpaired) electrons. The predicted octanol–water partition coefficient (Wildman–Crippen LogP) is 1.68. The molecule has 19 heavy (non-hydrogen) atoms. The Bertz CT molecular complexity index is 443. The predicted molar refractivity (Wildman–Crippen MR) is 72.5 cm³/mol. The Morgan fingerprint density at radius 3 is 2.84 bits per heavy atom. The second-order valence-electron chi connectivity index (χ2n) is 5.31. The van der Waals surface area contributed by atoms with Crippen molar-refractivity contribution in [2.45, 2.75) is 38.0 Å². The van der Waals surface area contributed by atoms with Crippen LogP contribution in [0.2, 0.25) is 0 Å². The highest BCUT2D eigenvalue weighted by molar-refractivity contribution is 5.85. The minimum absolute atomic E-state index is 0.149. The maximum Gasteiger partial charge on any atom is 0.245 e. The van der Waals surface area contributed by atoms with Crippen LogP contribution in [0, 0.1) is 0 Å². The molecule has 0 bridgehead atoms. The molecule has 0 aromatic heterocycles. The molecule has 2 heterocycles. The van der Waals surface area contributed by atoms with Gasteiger partial charge in [0, 0.05) is 6.61 Å². The molecule has 1 N–H and O–H groups in total. The molecule has 3 rings (SSSR count). The average Bonchev–Trinajstić information content (AvgIpc) is 3.08. The number of hydrogen-bond acceptors (Lipinski definition) is 3. The van der Waals surface area contributed by atoms with Crippen LogP contribution < -0.4 is 5.32 Å². The lowest BCUT2D eigenvalue weighted by molar-refractivity contribution is -0.132. The lowest BCUT2D eigenvalue weighted by Crippen LogP contribution is -2.43. The van der Waals surface area contributed by atoms with Gasteiger partial charge in [0.25, 0.3) is 0 Å². The molecule has 0 aliphatic carbocycles. The van der Waals surface area contributed by atoms with Crippen molar-refractivity contribution < 1.29 is 9.53 Å². The van der Waals surface area contributed by atoms with Gasteiger partial charge in [-0.15, -0.1) is 0 Å². The monoisotopic (exact) mass is 260 g/mol. The smallest absolute Gasteiger partial charge is 0.245 e. The number of ether oxygens (including phenoxy) is 1. The highest BCUT2D eigenvalue weighted by atomic mass is 16.5. The summed E-state index contributed by atoms with van der Waals surface area (Å²) in [5.74, 6) is 0.161. The number of nitrogens with one attached hydrogen (secondary N) is 1. The fraction of sp³-hybridized carbons (Fsp3) is 0.533. The number of nitrogens with zero attached hydrogens (tertiary/aromatic N) is 1. The molecule has 3 unspecified atom stereocenters. The lowest BCUT2D eigenvalue weighted by Gasteiger charge is -2.28. The molecular weight excluding hydrogens is 240 g/mol. The van der Waals surface area contributed by atoms with Gasteiger partial charge in [-0.25, -0.2) is 0 Å².